The lowest BCUT2D eigenvalue weighted by Gasteiger charge is -2.38. The van der Waals surface area contributed by atoms with Crippen molar-refractivity contribution in [3.63, 3.8) is 0 Å². The van der Waals surface area contributed by atoms with Gasteiger partial charge < -0.3 is 0 Å². The third-order valence-corrected chi connectivity index (χ3v) is 8.89. The van der Waals surface area contributed by atoms with Crippen molar-refractivity contribution in [3.8, 4) is 0 Å². The molecule has 4 aromatic carbocycles. The maximum atomic E-state index is 14.0. The molecule has 0 saturated heterocycles. The first-order chi connectivity index (χ1) is 21.5. The summed E-state index contributed by atoms with van der Waals surface area (Å²) >= 11 is 0. The molecule has 45 heavy (non-hydrogen) atoms. The monoisotopic (exact) mass is 600 g/mol. The van der Waals surface area contributed by atoms with Gasteiger partial charge in [0.05, 0.1) is 22.3 Å². The van der Waals surface area contributed by atoms with Crippen molar-refractivity contribution >= 4 is 68.8 Å². The van der Waals surface area contributed by atoms with Crippen molar-refractivity contribution in [1.82, 2.24) is 19.8 Å². The first-order valence-corrected chi connectivity index (χ1v) is 14.2. The van der Waals surface area contributed by atoms with Gasteiger partial charge in [0, 0.05) is 56.4 Å². The van der Waals surface area contributed by atoms with Gasteiger partial charge in [0.1, 0.15) is 0 Å². The van der Waals surface area contributed by atoms with E-state index < -0.39 is 53.3 Å². The molecule has 220 valence electrons. The Morgan fingerprint density at radius 1 is 0.422 bits per heavy atom. The van der Waals surface area contributed by atoms with Crippen LogP contribution >= 0.6 is 0 Å². The molecule has 4 aliphatic heterocycles. The third kappa shape index (κ3) is 3.00. The van der Waals surface area contributed by atoms with Crippen LogP contribution in [0.15, 0.2) is 48.5 Å². The van der Waals surface area contributed by atoms with Crippen molar-refractivity contribution in [2.75, 3.05) is 6.54 Å². The van der Waals surface area contributed by atoms with Crippen LogP contribution in [0.25, 0.3) is 21.5 Å². The maximum absolute atomic E-state index is 14.0. The molecule has 0 N–H and O–H groups in total. The summed E-state index contributed by atoms with van der Waals surface area (Å²) in [5.41, 5.74) is 0.317. The van der Waals surface area contributed by atoms with Gasteiger partial charge in [-0.3, -0.25) is 48.2 Å². The molecule has 0 unspecified atom stereocenters. The summed E-state index contributed by atoms with van der Waals surface area (Å²) < 4.78 is 0. The highest BCUT2D eigenvalue weighted by atomic mass is 16.2. The van der Waals surface area contributed by atoms with Crippen LogP contribution in [0.2, 0.25) is 0 Å². The fourth-order valence-corrected chi connectivity index (χ4v) is 6.91. The molecule has 0 saturated carbocycles. The Bertz CT molecular complexity index is 2130. The SMILES string of the molecule is CCN1C(=O)c2ccc3c4c(ccc(c24)C1=O)C(=O)N(N1C(=O)c2ccc4c5c(ccc(c25)C1=O)C(=O)N(C(C)C)C4=O)C3=O. The van der Waals surface area contributed by atoms with E-state index in [-0.39, 0.29) is 72.6 Å². The molecule has 0 aliphatic carbocycles. The van der Waals surface area contributed by atoms with E-state index in [1.54, 1.807) is 20.8 Å². The average Bonchev–Trinajstić information content (AvgIpc) is 3.02. The molecule has 0 spiro atoms. The summed E-state index contributed by atoms with van der Waals surface area (Å²) in [5.74, 6) is -6.24. The molecule has 8 amide bonds. The number of nitrogens with zero attached hydrogens (tertiary/aromatic N) is 4. The molecule has 4 aliphatic rings. The summed E-state index contributed by atoms with van der Waals surface area (Å²) in [6.07, 6.45) is 0. The predicted octanol–water partition coefficient (Wildman–Crippen LogP) is 3.42. The summed E-state index contributed by atoms with van der Waals surface area (Å²) in [7, 11) is 0. The van der Waals surface area contributed by atoms with E-state index in [9.17, 15) is 38.4 Å². The molecule has 0 atom stereocenters. The smallest absolute Gasteiger partial charge is 0.275 e. The van der Waals surface area contributed by atoms with Crippen LogP contribution in [0.4, 0.5) is 0 Å². The average molecular weight is 601 g/mol. The van der Waals surface area contributed by atoms with Crippen molar-refractivity contribution in [2.24, 2.45) is 0 Å². The number of imide groups is 4. The number of hydrogen-bond acceptors (Lipinski definition) is 8. The van der Waals surface area contributed by atoms with Gasteiger partial charge in [-0.2, -0.15) is 10.0 Å². The van der Waals surface area contributed by atoms with E-state index in [1.807, 2.05) is 0 Å². The Kier molecular flexibility index (Phi) is 5.04. The number of rotatable bonds is 3. The zero-order chi connectivity index (χ0) is 31.8. The third-order valence-electron chi connectivity index (χ3n) is 8.89. The van der Waals surface area contributed by atoms with Crippen LogP contribution in [-0.2, 0) is 0 Å². The molecular formula is C33H20N4O8. The fourth-order valence-electron chi connectivity index (χ4n) is 6.91. The van der Waals surface area contributed by atoms with E-state index in [0.29, 0.717) is 10.0 Å². The second kappa shape index (κ2) is 8.53. The Morgan fingerprint density at radius 3 is 0.911 bits per heavy atom. The molecule has 0 bridgehead atoms. The molecule has 12 heteroatoms. The number of carbonyl (C=O) groups excluding carboxylic acids is 8. The standard InChI is InChI=1S/C33H20N4O8/c1-4-34-26(38)14-5-9-18-24-19(10-6-15(22(14)24)27(34)39)31(43)36(30(18)42)37-32(44)20-11-7-16-23-17(8-12-21(25(20)23)33(37)45)29(41)35(13(2)3)28(16)40/h5-13H,4H2,1-3H3. The molecule has 4 heterocycles. The number of hydrazine groups is 1. The van der Waals surface area contributed by atoms with Crippen LogP contribution in [0, 0.1) is 0 Å². The highest BCUT2D eigenvalue weighted by molar-refractivity contribution is 6.37. The van der Waals surface area contributed by atoms with E-state index in [4.69, 9.17) is 0 Å². The molecular weight excluding hydrogens is 580 g/mol. The van der Waals surface area contributed by atoms with Gasteiger partial charge in [-0.15, -0.1) is 0 Å². The van der Waals surface area contributed by atoms with Gasteiger partial charge in [-0.1, -0.05) is 0 Å². The Morgan fingerprint density at radius 2 is 0.667 bits per heavy atom. The number of carbonyl (C=O) groups is 8. The van der Waals surface area contributed by atoms with E-state index in [2.05, 4.69) is 0 Å². The number of hydrogen-bond donors (Lipinski definition) is 0. The van der Waals surface area contributed by atoms with Crippen molar-refractivity contribution in [1.29, 1.82) is 0 Å². The van der Waals surface area contributed by atoms with Gasteiger partial charge >= 0.3 is 0 Å². The van der Waals surface area contributed by atoms with Gasteiger partial charge in [0.25, 0.3) is 47.3 Å². The summed E-state index contributed by atoms with van der Waals surface area (Å²) in [4.78, 5) is 111. The zero-order valence-corrected chi connectivity index (χ0v) is 24.0. The van der Waals surface area contributed by atoms with E-state index in [1.165, 1.54) is 48.5 Å². The normalized spacial score (nSPS) is 17.2. The summed E-state index contributed by atoms with van der Waals surface area (Å²) in [5, 5.41) is 1.44. The second-order valence-corrected chi connectivity index (χ2v) is 11.4. The molecule has 0 radical (unpaired) electrons. The highest BCUT2D eigenvalue weighted by Crippen LogP contribution is 2.42. The van der Waals surface area contributed by atoms with Crippen LogP contribution in [0.1, 0.15) is 104 Å². The van der Waals surface area contributed by atoms with E-state index >= 15 is 0 Å². The number of amides is 8. The van der Waals surface area contributed by atoms with Gasteiger partial charge in [-0.05, 0) is 69.3 Å². The predicted molar refractivity (Wildman–Crippen MR) is 156 cm³/mol. The second-order valence-electron chi connectivity index (χ2n) is 11.4. The van der Waals surface area contributed by atoms with E-state index in [0.717, 1.165) is 9.80 Å². The summed E-state index contributed by atoms with van der Waals surface area (Å²) in [6, 6.07) is 10.5. The molecule has 0 aromatic heterocycles. The van der Waals surface area contributed by atoms with Crippen molar-refractivity contribution < 1.29 is 38.4 Å². The Labute approximate surface area is 253 Å². The zero-order valence-electron chi connectivity index (χ0n) is 24.0. The molecule has 0 fully saturated rings. The molecule has 12 nitrogen and oxygen atoms in total. The first-order valence-electron chi connectivity index (χ1n) is 14.2. The molecule has 4 aromatic rings. The first kappa shape index (κ1) is 26.6. The minimum absolute atomic E-state index is 0.0719. The summed E-state index contributed by atoms with van der Waals surface area (Å²) in [6.45, 7) is 5.18. The van der Waals surface area contributed by atoms with Gasteiger partial charge in [-0.25, -0.2) is 0 Å². The lowest BCUT2D eigenvalue weighted by atomic mass is 9.85. The Hall–Kier alpha value is -6.04. The maximum Gasteiger partial charge on any atom is 0.281 e. The minimum Gasteiger partial charge on any atom is -0.275 e. The van der Waals surface area contributed by atoms with Crippen molar-refractivity contribution in [2.45, 2.75) is 26.8 Å². The van der Waals surface area contributed by atoms with Crippen molar-refractivity contribution in [3.05, 3.63) is 93.0 Å². The lowest BCUT2D eigenvalue weighted by Crippen LogP contribution is -2.58. The lowest BCUT2D eigenvalue weighted by molar-refractivity contribution is 0.00211. The Balaban J connectivity index is 1.29. The van der Waals surface area contributed by atoms with Crippen LogP contribution in [0.5, 0.6) is 0 Å². The largest absolute Gasteiger partial charge is 0.281 e. The molecule has 8 rings (SSSR count). The highest BCUT2D eigenvalue weighted by Gasteiger charge is 2.48. The fraction of sp³-hybridized carbons (Fsp3) is 0.152. The quantitative estimate of drug-likeness (QED) is 0.325. The minimum atomic E-state index is -0.998. The van der Waals surface area contributed by atoms with Crippen LogP contribution in [-0.4, -0.2) is 79.7 Å². The number of benzene rings is 4. The van der Waals surface area contributed by atoms with Crippen LogP contribution < -0.4 is 0 Å². The van der Waals surface area contributed by atoms with Crippen LogP contribution in [0.3, 0.4) is 0 Å². The van der Waals surface area contributed by atoms with Gasteiger partial charge in [0.15, 0.2) is 0 Å². The van der Waals surface area contributed by atoms with Gasteiger partial charge in [0.2, 0.25) is 0 Å². The topological polar surface area (TPSA) is 150 Å².